The van der Waals surface area contributed by atoms with E-state index in [1.54, 1.807) is 12.4 Å². The molecule has 1 N–H and O–H groups in total. The minimum absolute atomic E-state index is 0.235. The first-order valence-corrected chi connectivity index (χ1v) is 10.4. The van der Waals surface area contributed by atoms with Crippen LogP contribution in [0.2, 0.25) is 0 Å². The molecule has 1 aromatic carbocycles. The van der Waals surface area contributed by atoms with Crippen LogP contribution < -0.4 is 10.1 Å². The average Bonchev–Trinajstić information content (AvgIpc) is 3.03. The van der Waals surface area contributed by atoms with Crippen molar-refractivity contribution in [2.75, 3.05) is 6.54 Å². The van der Waals surface area contributed by atoms with Crippen LogP contribution in [0.25, 0.3) is 0 Å². The Bertz CT molecular complexity index is 962. The zero-order chi connectivity index (χ0) is 21.8. The minimum Gasteiger partial charge on any atom is -0.489 e. The van der Waals surface area contributed by atoms with Gasteiger partial charge in [0, 0.05) is 18.0 Å². The molecular weight excluding hydrogens is 394 g/mol. The fraction of sp³-hybridized carbons (Fsp3) is 0.333. The fourth-order valence-corrected chi connectivity index (χ4v) is 4.04. The molecule has 4 rings (SSSR count). The van der Waals surface area contributed by atoms with Crippen molar-refractivity contribution >= 4 is 17.7 Å². The van der Waals surface area contributed by atoms with E-state index in [1.165, 1.54) is 0 Å². The highest BCUT2D eigenvalue weighted by Gasteiger charge is 2.47. The lowest BCUT2D eigenvalue weighted by Gasteiger charge is -2.18. The predicted molar refractivity (Wildman–Crippen MR) is 114 cm³/mol. The van der Waals surface area contributed by atoms with Gasteiger partial charge in [0.2, 0.25) is 17.7 Å². The number of carbonyl (C=O) groups excluding carboxylic acids is 3. The van der Waals surface area contributed by atoms with Gasteiger partial charge in [-0.2, -0.15) is 0 Å². The number of hydrogen-bond acceptors (Lipinski definition) is 5. The largest absolute Gasteiger partial charge is 0.489 e. The van der Waals surface area contributed by atoms with E-state index < -0.39 is 0 Å². The number of aromatic nitrogens is 1. The third-order valence-corrected chi connectivity index (χ3v) is 5.79. The molecule has 31 heavy (non-hydrogen) atoms. The van der Waals surface area contributed by atoms with Crippen molar-refractivity contribution in [1.82, 2.24) is 15.2 Å². The topological polar surface area (TPSA) is 88.6 Å². The number of pyridine rings is 1. The van der Waals surface area contributed by atoms with E-state index in [2.05, 4.69) is 10.3 Å². The number of ether oxygens (including phenoxy) is 1. The molecule has 0 spiro atoms. The van der Waals surface area contributed by atoms with Gasteiger partial charge in [0.15, 0.2) is 0 Å². The Balaban J connectivity index is 1.29. The lowest BCUT2D eigenvalue weighted by atomic mass is 9.85. The van der Waals surface area contributed by atoms with E-state index in [0.29, 0.717) is 19.4 Å². The quantitative estimate of drug-likeness (QED) is 0.551. The number of rotatable bonds is 7. The number of carbonyl (C=O) groups is 3. The molecule has 2 aliphatic rings. The average molecular weight is 419 g/mol. The lowest BCUT2D eigenvalue weighted by Crippen LogP contribution is -2.41. The first-order valence-electron chi connectivity index (χ1n) is 10.4. The number of fused-ring (bicyclic) bond motifs is 1. The number of imide groups is 1. The molecule has 2 heterocycles. The predicted octanol–water partition coefficient (Wildman–Crippen LogP) is 2.79. The number of hydrogen-bond donors (Lipinski definition) is 1. The van der Waals surface area contributed by atoms with Crippen molar-refractivity contribution in [3.05, 3.63) is 72.1 Å². The van der Waals surface area contributed by atoms with Crippen molar-refractivity contribution in [3.63, 3.8) is 0 Å². The molecule has 0 bridgehead atoms. The number of allylic oxidation sites excluding steroid dienone is 2. The zero-order valence-electron chi connectivity index (χ0n) is 17.4. The number of nitrogens with zero attached hydrogens (tertiary/aromatic N) is 2. The summed E-state index contributed by atoms with van der Waals surface area (Å²) in [6, 6.07) is 11.0. The minimum atomic E-state index is -0.349. The maximum atomic E-state index is 12.5. The Hall–Kier alpha value is -3.48. The van der Waals surface area contributed by atoms with Crippen LogP contribution in [0.5, 0.6) is 5.75 Å². The van der Waals surface area contributed by atoms with Crippen LogP contribution in [0.4, 0.5) is 0 Å². The van der Waals surface area contributed by atoms with Gasteiger partial charge in [-0.15, -0.1) is 0 Å². The molecule has 1 aliphatic heterocycles. The van der Waals surface area contributed by atoms with Crippen LogP contribution in [-0.4, -0.2) is 34.2 Å². The first kappa shape index (κ1) is 20.8. The van der Waals surface area contributed by atoms with E-state index in [9.17, 15) is 14.4 Å². The summed E-state index contributed by atoms with van der Waals surface area (Å²) in [5.74, 6) is -0.744. The fourth-order valence-electron chi connectivity index (χ4n) is 4.04. The molecule has 3 atom stereocenters. The van der Waals surface area contributed by atoms with Crippen LogP contribution in [0, 0.1) is 11.8 Å². The van der Waals surface area contributed by atoms with E-state index in [1.807, 2.05) is 55.5 Å². The molecule has 7 heteroatoms. The summed E-state index contributed by atoms with van der Waals surface area (Å²) in [5.41, 5.74) is 1.88. The Morgan fingerprint density at radius 2 is 1.81 bits per heavy atom. The Kier molecular flexibility index (Phi) is 6.11. The summed E-state index contributed by atoms with van der Waals surface area (Å²) >= 11 is 0. The number of likely N-dealkylation sites (tertiary alicyclic amines) is 1. The summed E-state index contributed by atoms with van der Waals surface area (Å²) in [6.07, 6.45) is 8.48. The second-order valence-electron chi connectivity index (χ2n) is 7.93. The van der Waals surface area contributed by atoms with E-state index >= 15 is 0 Å². The molecule has 0 saturated carbocycles. The van der Waals surface area contributed by atoms with Crippen LogP contribution in [0.15, 0.2) is 60.9 Å². The summed E-state index contributed by atoms with van der Waals surface area (Å²) in [5, 5.41) is 2.87. The van der Waals surface area contributed by atoms with Gasteiger partial charge in [0.05, 0.1) is 17.9 Å². The number of amides is 3. The van der Waals surface area contributed by atoms with Gasteiger partial charge in [0.25, 0.3) is 0 Å². The molecule has 0 radical (unpaired) electrons. The zero-order valence-corrected chi connectivity index (χ0v) is 17.4. The molecule has 1 saturated heterocycles. The molecule has 160 valence electrons. The van der Waals surface area contributed by atoms with E-state index in [4.69, 9.17) is 4.74 Å². The van der Waals surface area contributed by atoms with Crippen molar-refractivity contribution in [2.45, 2.75) is 32.4 Å². The molecular formula is C24H25N3O4. The van der Waals surface area contributed by atoms with Crippen LogP contribution in [0.3, 0.4) is 0 Å². The normalized spacial score (nSPS) is 21.0. The van der Waals surface area contributed by atoms with Crippen LogP contribution in [-0.2, 0) is 21.0 Å². The van der Waals surface area contributed by atoms with Crippen LogP contribution >= 0.6 is 0 Å². The molecule has 1 aromatic heterocycles. The third kappa shape index (κ3) is 4.66. The lowest BCUT2D eigenvalue weighted by molar-refractivity contribution is -0.143. The molecule has 1 fully saturated rings. The second kappa shape index (κ2) is 9.12. The number of nitrogens with one attached hydrogen (secondary N) is 1. The SMILES string of the molecule is CC(NC(=O)CN1C(=O)C2CC=CCC2C1=O)c1ccc(OCc2cccnc2)cc1. The Morgan fingerprint density at radius 1 is 1.13 bits per heavy atom. The van der Waals surface area contributed by atoms with Crippen LogP contribution in [0.1, 0.15) is 36.9 Å². The van der Waals surface area contributed by atoms with Gasteiger partial charge in [-0.25, -0.2) is 0 Å². The van der Waals surface area contributed by atoms with Crippen molar-refractivity contribution < 1.29 is 19.1 Å². The molecule has 1 aliphatic carbocycles. The maximum Gasteiger partial charge on any atom is 0.240 e. The smallest absolute Gasteiger partial charge is 0.240 e. The van der Waals surface area contributed by atoms with Gasteiger partial charge in [0.1, 0.15) is 18.9 Å². The van der Waals surface area contributed by atoms with E-state index in [0.717, 1.165) is 21.8 Å². The highest BCUT2D eigenvalue weighted by atomic mass is 16.5. The van der Waals surface area contributed by atoms with Gasteiger partial charge >= 0.3 is 0 Å². The van der Waals surface area contributed by atoms with Crippen molar-refractivity contribution in [3.8, 4) is 5.75 Å². The third-order valence-electron chi connectivity index (χ3n) is 5.79. The van der Waals surface area contributed by atoms with Gasteiger partial charge in [-0.1, -0.05) is 30.4 Å². The summed E-state index contributed by atoms with van der Waals surface area (Å²) in [4.78, 5) is 42.7. The summed E-state index contributed by atoms with van der Waals surface area (Å²) in [6.45, 7) is 2.05. The van der Waals surface area contributed by atoms with Gasteiger partial charge in [-0.3, -0.25) is 24.3 Å². The Labute approximate surface area is 181 Å². The standard InChI is InChI=1S/C24H25N3O4/c1-16(18-8-10-19(11-9-18)31-15-17-5-4-12-25-13-17)26-22(28)14-27-23(29)20-6-2-3-7-21(20)24(27)30/h2-5,8-13,16,20-21H,6-7,14-15H2,1H3,(H,26,28). The monoisotopic (exact) mass is 419 g/mol. The van der Waals surface area contributed by atoms with Crippen molar-refractivity contribution in [1.29, 1.82) is 0 Å². The highest BCUT2D eigenvalue weighted by molar-refractivity contribution is 6.07. The molecule has 3 unspecified atom stereocenters. The maximum absolute atomic E-state index is 12.5. The summed E-state index contributed by atoms with van der Waals surface area (Å²) < 4.78 is 5.75. The first-order chi connectivity index (χ1) is 15.0. The van der Waals surface area contributed by atoms with E-state index in [-0.39, 0.29) is 42.1 Å². The summed E-state index contributed by atoms with van der Waals surface area (Å²) in [7, 11) is 0. The molecule has 3 amide bonds. The molecule has 7 nitrogen and oxygen atoms in total. The van der Waals surface area contributed by atoms with Gasteiger partial charge in [-0.05, 0) is 43.5 Å². The second-order valence-corrected chi connectivity index (χ2v) is 7.93. The van der Waals surface area contributed by atoms with Crippen molar-refractivity contribution in [2.24, 2.45) is 11.8 Å². The number of benzene rings is 1. The van der Waals surface area contributed by atoms with Gasteiger partial charge < -0.3 is 10.1 Å². The Morgan fingerprint density at radius 3 is 2.42 bits per heavy atom. The molecule has 2 aromatic rings. The highest BCUT2D eigenvalue weighted by Crippen LogP contribution is 2.34.